The van der Waals surface area contributed by atoms with Gasteiger partial charge in [0.2, 0.25) is 10.0 Å². The lowest BCUT2D eigenvalue weighted by Gasteiger charge is -2.21. The Bertz CT molecular complexity index is 1650. The average Bonchev–Trinajstić information content (AvgIpc) is 3.41. The molecule has 1 heterocycles. The number of furan rings is 1. The van der Waals surface area contributed by atoms with Crippen molar-refractivity contribution in [3.63, 3.8) is 0 Å². The Morgan fingerprint density at radius 3 is 2.41 bits per heavy atom. The monoisotopic (exact) mass is 594 g/mol. The summed E-state index contributed by atoms with van der Waals surface area (Å²) in [4.78, 5) is 24.4. The van der Waals surface area contributed by atoms with E-state index in [9.17, 15) is 18.0 Å². The molecular formula is C29H27ClN4O6S. The summed E-state index contributed by atoms with van der Waals surface area (Å²) in [5.41, 5.74) is 4.37. The van der Waals surface area contributed by atoms with Crippen molar-refractivity contribution >= 4 is 45.3 Å². The lowest BCUT2D eigenvalue weighted by atomic mass is 10.1. The largest absolute Gasteiger partial charge is 0.497 e. The maximum absolute atomic E-state index is 13.5. The Labute approximate surface area is 242 Å². The zero-order valence-corrected chi connectivity index (χ0v) is 23.8. The standard InChI is InChI=1S/C29H27ClN4O6S/c1-20-6-8-21(9-7-20)18-34(41(37,38)27-14-10-22(30)11-15-27)19-26-13-12-25(40-26)17-31-33-29(36)28(35)32-23-4-3-5-24(16-23)39-2/h3-17H,18-19H2,1-2H3,(H,32,35)(H,33,36)/b31-17+. The van der Waals surface area contributed by atoms with E-state index >= 15 is 0 Å². The van der Waals surface area contributed by atoms with Gasteiger partial charge in [0.15, 0.2) is 0 Å². The van der Waals surface area contributed by atoms with Gasteiger partial charge >= 0.3 is 11.8 Å². The number of halogens is 1. The molecule has 41 heavy (non-hydrogen) atoms. The number of rotatable bonds is 10. The van der Waals surface area contributed by atoms with Crippen LogP contribution in [0.2, 0.25) is 5.02 Å². The summed E-state index contributed by atoms with van der Waals surface area (Å²) in [5, 5.41) is 6.63. The molecule has 0 aliphatic rings. The van der Waals surface area contributed by atoms with Gasteiger partial charge in [-0.05, 0) is 61.0 Å². The van der Waals surface area contributed by atoms with Crippen LogP contribution >= 0.6 is 11.6 Å². The van der Waals surface area contributed by atoms with Crippen LogP contribution in [0.25, 0.3) is 0 Å². The van der Waals surface area contributed by atoms with E-state index in [1.165, 1.54) is 41.9 Å². The van der Waals surface area contributed by atoms with E-state index in [1.54, 1.807) is 36.4 Å². The fourth-order valence-corrected chi connectivity index (χ4v) is 5.22. The third-order valence-electron chi connectivity index (χ3n) is 5.84. The lowest BCUT2D eigenvalue weighted by Crippen LogP contribution is -2.32. The van der Waals surface area contributed by atoms with Gasteiger partial charge in [0.05, 0.1) is 24.8 Å². The number of nitrogens with zero attached hydrogens (tertiary/aromatic N) is 2. The first-order chi connectivity index (χ1) is 19.6. The summed E-state index contributed by atoms with van der Waals surface area (Å²) in [6.45, 7) is 1.99. The molecule has 0 fully saturated rings. The van der Waals surface area contributed by atoms with Crippen LogP contribution in [0.5, 0.6) is 5.75 Å². The second-order valence-electron chi connectivity index (χ2n) is 8.90. The highest BCUT2D eigenvalue weighted by Gasteiger charge is 2.26. The molecule has 0 atom stereocenters. The van der Waals surface area contributed by atoms with Gasteiger partial charge < -0.3 is 14.5 Å². The Balaban J connectivity index is 1.43. The van der Waals surface area contributed by atoms with Gasteiger partial charge in [0.25, 0.3) is 0 Å². The van der Waals surface area contributed by atoms with Gasteiger partial charge in [-0.15, -0.1) is 0 Å². The summed E-state index contributed by atoms with van der Waals surface area (Å²) in [6, 6.07) is 23.2. The van der Waals surface area contributed by atoms with Gasteiger partial charge in [-0.3, -0.25) is 9.59 Å². The summed E-state index contributed by atoms with van der Waals surface area (Å²) in [6.07, 6.45) is 1.21. The lowest BCUT2D eigenvalue weighted by molar-refractivity contribution is -0.136. The van der Waals surface area contributed by atoms with Crippen molar-refractivity contribution in [3.05, 3.63) is 113 Å². The fraction of sp³-hybridized carbons (Fsp3) is 0.138. The molecule has 10 nitrogen and oxygen atoms in total. The topological polar surface area (TPSA) is 130 Å². The van der Waals surface area contributed by atoms with Crippen LogP contribution in [0.1, 0.15) is 22.6 Å². The molecule has 0 saturated carbocycles. The molecule has 0 unspecified atom stereocenters. The Hall–Kier alpha value is -4.45. The number of anilines is 1. The number of aryl methyl sites for hydroxylation is 1. The molecule has 4 aromatic rings. The third-order valence-corrected chi connectivity index (χ3v) is 7.90. The number of nitrogens with one attached hydrogen (secondary N) is 2. The summed E-state index contributed by atoms with van der Waals surface area (Å²) >= 11 is 5.96. The first-order valence-electron chi connectivity index (χ1n) is 12.3. The highest BCUT2D eigenvalue weighted by molar-refractivity contribution is 7.89. The number of carbonyl (C=O) groups is 2. The molecule has 1 aromatic heterocycles. The van der Waals surface area contributed by atoms with Crippen LogP contribution in [0.4, 0.5) is 5.69 Å². The molecular weight excluding hydrogens is 568 g/mol. The maximum Gasteiger partial charge on any atom is 0.329 e. The molecule has 0 bridgehead atoms. The predicted octanol–water partition coefficient (Wildman–Crippen LogP) is 4.73. The minimum atomic E-state index is -3.91. The van der Waals surface area contributed by atoms with Crippen LogP contribution in [-0.4, -0.2) is 37.9 Å². The van der Waals surface area contributed by atoms with E-state index in [0.29, 0.717) is 22.2 Å². The van der Waals surface area contributed by atoms with E-state index in [4.69, 9.17) is 20.8 Å². The van der Waals surface area contributed by atoms with Crippen molar-refractivity contribution in [1.29, 1.82) is 0 Å². The molecule has 4 rings (SSSR count). The van der Waals surface area contributed by atoms with Crippen LogP contribution in [0.3, 0.4) is 0 Å². The zero-order chi connectivity index (χ0) is 29.4. The number of hydrogen-bond donors (Lipinski definition) is 2. The van der Waals surface area contributed by atoms with Crippen LogP contribution in [0, 0.1) is 6.92 Å². The number of carbonyl (C=O) groups excluding carboxylic acids is 2. The van der Waals surface area contributed by atoms with Gasteiger partial charge in [0.1, 0.15) is 17.3 Å². The third kappa shape index (κ3) is 8.04. The van der Waals surface area contributed by atoms with Crippen LogP contribution < -0.4 is 15.5 Å². The molecule has 2 amide bonds. The molecule has 0 radical (unpaired) electrons. The van der Waals surface area contributed by atoms with Crippen LogP contribution in [-0.2, 0) is 32.7 Å². The maximum atomic E-state index is 13.5. The van der Waals surface area contributed by atoms with Crippen molar-refractivity contribution in [3.8, 4) is 5.75 Å². The number of sulfonamides is 1. The zero-order valence-electron chi connectivity index (χ0n) is 22.2. The predicted molar refractivity (Wildman–Crippen MR) is 155 cm³/mol. The molecule has 212 valence electrons. The molecule has 0 aliphatic heterocycles. The fourth-order valence-electron chi connectivity index (χ4n) is 3.70. The number of ether oxygens (including phenoxy) is 1. The number of methoxy groups -OCH3 is 1. The minimum absolute atomic E-state index is 0.0675. The smallest absolute Gasteiger partial charge is 0.329 e. The van der Waals surface area contributed by atoms with Gasteiger partial charge in [0, 0.05) is 23.3 Å². The van der Waals surface area contributed by atoms with E-state index in [-0.39, 0.29) is 23.7 Å². The van der Waals surface area contributed by atoms with Gasteiger partial charge in [-0.1, -0.05) is 47.5 Å². The van der Waals surface area contributed by atoms with Crippen molar-refractivity contribution in [2.45, 2.75) is 24.9 Å². The second-order valence-corrected chi connectivity index (χ2v) is 11.3. The SMILES string of the molecule is COc1cccc(NC(=O)C(=O)N/N=C/c2ccc(CN(Cc3ccc(C)cc3)S(=O)(=O)c3ccc(Cl)cc3)o2)c1. The van der Waals surface area contributed by atoms with Crippen molar-refractivity contribution in [2.24, 2.45) is 5.10 Å². The molecule has 12 heteroatoms. The number of amides is 2. The van der Waals surface area contributed by atoms with Crippen LogP contribution in [0.15, 0.2) is 99.3 Å². The van der Waals surface area contributed by atoms with E-state index in [0.717, 1.165) is 11.1 Å². The van der Waals surface area contributed by atoms with Crippen molar-refractivity contribution in [2.75, 3.05) is 12.4 Å². The van der Waals surface area contributed by atoms with Crippen molar-refractivity contribution in [1.82, 2.24) is 9.73 Å². The first-order valence-corrected chi connectivity index (χ1v) is 14.1. The minimum Gasteiger partial charge on any atom is -0.497 e. The van der Waals surface area contributed by atoms with Gasteiger partial charge in [-0.25, -0.2) is 13.8 Å². The van der Waals surface area contributed by atoms with E-state index < -0.39 is 21.8 Å². The molecule has 3 aromatic carbocycles. The van der Waals surface area contributed by atoms with E-state index in [2.05, 4.69) is 15.8 Å². The second kappa shape index (κ2) is 13.3. The Morgan fingerprint density at radius 2 is 1.71 bits per heavy atom. The Kier molecular flexibility index (Phi) is 9.56. The molecule has 0 aliphatic carbocycles. The molecule has 0 spiro atoms. The summed E-state index contributed by atoms with van der Waals surface area (Å²) in [7, 11) is -2.42. The normalized spacial score (nSPS) is 11.5. The van der Waals surface area contributed by atoms with E-state index in [1.807, 2.05) is 31.2 Å². The quantitative estimate of drug-likeness (QED) is 0.155. The number of hydrazone groups is 1. The van der Waals surface area contributed by atoms with Crippen molar-refractivity contribution < 1.29 is 27.2 Å². The highest BCUT2D eigenvalue weighted by atomic mass is 35.5. The Morgan fingerprint density at radius 1 is 0.976 bits per heavy atom. The molecule has 2 N–H and O–H groups in total. The summed E-state index contributed by atoms with van der Waals surface area (Å²) < 4.78 is 39.2. The summed E-state index contributed by atoms with van der Waals surface area (Å²) in [5.74, 6) is -0.803. The van der Waals surface area contributed by atoms with Gasteiger partial charge in [-0.2, -0.15) is 9.41 Å². The number of hydrogen-bond acceptors (Lipinski definition) is 7. The number of benzene rings is 3. The average molecular weight is 595 g/mol. The molecule has 0 saturated heterocycles. The first kappa shape index (κ1) is 29.5. The highest BCUT2D eigenvalue weighted by Crippen LogP contribution is 2.23.